The van der Waals surface area contributed by atoms with E-state index >= 15 is 0 Å². The van der Waals surface area contributed by atoms with E-state index in [1.807, 2.05) is 41.4 Å². The molecule has 0 saturated carbocycles. The van der Waals surface area contributed by atoms with Crippen LogP contribution in [0.1, 0.15) is 47.4 Å². The summed E-state index contributed by atoms with van der Waals surface area (Å²) in [7, 11) is 0. The second kappa shape index (κ2) is 4.57. The third-order valence-electron chi connectivity index (χ3n) is 3.98. The maximum atomic E-state index is 12.6. The molecule has 2 aromatic rings. The maximum Gasteiger partial charge on any atom is 0.254 e. The van der Waals surface area contributed by atoms with Gasteiger partial charge in [-0.1, -0.05) is 25.1 Å². The number of amides is 1. The average Bonchev–Trinajstić information content (AvgIpc) is 2.93. The van der Waals surface area contributed by atoms with Gasteiger partial charge in [-0.05, 0) is 30.7 Å². The Balaban J connectivity index is 1.93. The summed E-state index contributed by atoms with van der Waals surface area (Å²) in [4.78, 5) is 17.9. The largest absolute Gasteiger partial charge is 0.364 e. The molecule has 1 aromatic heterocycles. The highest BCUT2D eigenvalue weighted by molar-refractivity contribution is 5.94. The van der Waals surface area contributed by atoms with E-state index in [0.29, 0.717) is 5.92 Å². The van der Waals surface area contributed by atoms with E-state index < -0.39 is 0 Å². The highest BCUT2D eigenvalue weighted by Gasteiger charge is 2.32. The van der Waals surface area contributed by atoms with Crippen molar-refractivity contribution in [3.8, 4) is 0 Å². The lowest BCUT2D eigenvalue weighted by Gasteiger charge is -2.37. The lowest BCUT2D eigenvalue weighted by molar-refractivity contribution is 0.0659. The van der Waals surface area contributed by atoms with Crippen LogP contribution in [0.3, 0.4) is 0 Å². The molecular weight excluding hydrogens is 236 g/mol. The van der Waals surface area contributed by atoms with Crippen molar-refractivity contribution in [2.75, 3.05) is 6.54 Å². The summed E-state index contributed by atoms with van der Waals surface area (Å²) in [6.45, 7) is 5.02. The van der Waals surface area contributed by atoms with Gasteiger partial charge in [-0.3, -0.25) is 4.79 Å². The molecule has 98 valence electrons. The Kier molecular flexibility index (Phi) is 2.90. The van der Waals surface area contributed by atoms with Gasteiger partial charge in [0.05, 0.1) is 6.04 Å². The number of aromatic nitrogens is 1. The van der Waals surface area contributed by atoms with Gasteiger partial charge in [0.25, 0.3) is 5.91 Å². The zero-order valence-electron chi connectivity index (χ0n) is 11.3. The fourth-order valence-electron chi connectivity index (χ4n) is 2.90. The summed E-state index contributed by atoms with van der Waals surface area (Å²) in [6, 6.07) is 11.7. The number of aromatic amines is 1. The summed E-state index contributed by atoms with van der Waals surface area (Å²) in [5, 5.41) is 0. The zero-order valence-corrected chi connectivity index (χ0v) is 11.3. The van der Waals surface area contributed by atoms with Crippen molar-refractivity contribution in [1.82, 2.24) is 9.88 Å². The Morgan fingerprint density at radius 1 is 1.21 bits per heavy atom. The number of hydrogen-bond donors (Lipinski definition) is 1. The summed E-state index contributed by atoms with van der Waals surface area (Å²) in [5.41, 5.74) is 3.27. The molecule has 19 heavy (non-hydrogen) atoms. The number of H-pyrrole nitrogens is 1. The molecule has 0 saturated heterocycles. The van der Waals surface area contributed by atoms with E-state index in [1.54, 1.807) is 0 Å². The Bertz CT molecular complexity index is 588. The molecule has 1 aliphatic rings. The minimum atomic E-state index is 0.117. The molecule has 0 bridgehead atoms. The number of hydrogen-bond acceptors (Lipinski definition) is 1. The molecule has 1 aromatic carbocycles. The number of nitrogens with zero attached hydrogens (tertiary/aromatic N) is 1. The van der Waals surface area contributed by atoms with Gasteiger partial charge in [-0.15, -0.1) is 0 Å². The SMILES string of the molecule is CC1CN(C(=O)c2ccccc2)C(C)c2cc[nH]c21. The molecular formula is C16H18N2O. The highest BCUT2D eigenvalue weighted by atomic mass is 16.2. The standard InChI is InChI=1S/C16H18N2O/c1-11-10-18(12(2)14-8-9-17-15(11)14)16(19)13-6-4-3-5-7-13/h3-9,11-12,17H,10H2,1-2H3. The van der Waals surface area contributed by atoms with Crippen LogP contribution in [-0.4, -0.2) is 22.3 Å². The molecule has 0 spiro atoms. The maximum absolute atomic E-state index is 12.6. The molecule has 3 heteroatoms. The topological polar surface area (TPSA) is 36.1 Å². The molecule has 0 radical (unpaired) electrons. The summed E-state index contributed by atoms with van der Waals surface area (Å²) in [5.74, 6) is 0.473. The van der Waals surface area contributed by atoms with Crippen LogP contribution in [0.2, 0.25) is 0 Å². The van der Waals surface area contributed by atoms with E-state index in [-0.39, 0.29) is 11.9 Å². The number of fused-ring (bicyclic) bond motifs is 1. The minimum Gasteiger partial charge on any atom is -0.364 e. The third kappa shape index (κ3) is 1.95. The number of nitrogens with one attached hydrogen (secondary N) is 1. The van der Waals surface area contributed by atoms with Crippen molar-refractivity contribution in [1.29, 1.82) is 0 Å². The van der Waals surface area contributed by atoms with Gasteiger partial charge >= 0.3 is 0 Å². The first kappa shape index (κ1) is 12.0. The number of carbonyl (C=O) groups excluding carboxylic acids is 1. The first-order chi connectivity index (χ1) is 9.18. The average molecular weight is 254 g/mol. The molecule has 3 nitrogen and oxygen atoms in total. The fourth-order valence-corrected chi connectivity index (χ4v) is 2.90. The van der Waals surface area contributed by atoms with Gasteiger partial charge in [0.2, 0.25) is 0 Å². The first-order valence-electron chi connectivity index (χ1n) is 6.71. The van der Waals surface area contributed by atoms with Crippen LogP contribution in [-0.2, 0) is 0 Å². The predicted octanol–water partition coefficient (Wildman–Crippen LogP) is 3.34. The van der Waals surface area contributed by atoms with Crippen molar-refractivity contribution in [3.05, 3.63) is 59.4 Å². The van der Waals surface area contributed by atoms with Gasteiger partial charge in [0.15, 0.2) is 0 Å². The molecule has 1 aliphatic heterocycles. The van der Waals surface area contributed by atoms with Gasteiger partial charge < -0.3 is 9.88 Å². The molecule has 1 amide bonds. The van der Waals surface area contributed by atoms with Crippen LogP contribution >= 0.6 is 0 Å². The molecule has 0 aliphatic carbocycles. The minimum absolute atomic E-state index is 0.117. The van der Waals surface area contributed by atoms with Crippen LogP contribution in [0, 0.1) is 0 Å². The molecule has 2 atom stereocenters. The van der Waals surface area contributed by atoms with E-state index in [2.05, 4.69) is 24.9 Å². The van der Waals surface area contributed by atoms with E-state index in [0.717, 1.165) is 12.1 Å². The van der Waals surface area contributed by atoms with Gasteiger partial charge in [0, 0.05) is 29.9 Å². The second-order valence-electron chi connectivity index (χ2n) is 5.25. The number of carbonyl (C=O) groups is 1. The molecule has 0 fully saturated rings. The van der Waals surface area contributed by atoms with E-state index in [4.69, 9.17) is 0 Å². The zero-order chi connectivity index (χ0) is 13.4. The van der Waals surface area contributed by atoms with E-state index in [1.165, 1.54) is 11.3 Å². The highest BCUT2D eigenvalue weighted by Crippen LogP contribution is 2.35. The van der Waals surface area contributed by atoms with Crippen molar-refractivity contribution in [2.45, 2.75) is 25.8 Å². The summed E-state index contributed by atoms with van der Waals surface area (Å²) in [6.07, 6.45) is 1.97. The molecule has 2 heterocycles. The van der Waals surface area contributed by atoms with Crippen LogP contribution in [0.5, 0.6) is 0 Å². The molecule has 2 unspecified atom stereocenters. The normalized spacial score (nSPS) is 22.1. The quantitative estimate of drug-likeness (QED) is 0.832. The fraction of sp³-hybridized carbons (Fsp3) is 0.312. The molecule has 1 N–H and O–H groups in total. The summed E-state index contributed by atoms with van der Waals surface area (Å²) >= 11 is 0. The lowest BCUT2D eigenvalue weighted by atomic mass is 9.92. The van der Waals surface area contributed by atoms with Crippen LogP contribution in [0.25, 0.3) is 0 Å². The molecule has 3 rings (SSSR count). The van der Waals surface area contributed by atoms with Crippen molar-refractivity contribution in [2.24, 2.45) is 0 Å². The summed E-state index contributed by atoms with van der Waals surface area (Å²) < 4.78 is 0. The van der Waals surface area contributed by atoms with E-state index in [9.17, 15) is 4.79 Å². The lowest BCUT2D eigenvalue weighted by Crippen LogP contribution is -2.40. The second-order valence-corrected chi connectivity index (χ2v) is 5.25. The monoisotopic (exact) mass is 254 g/mol. The Morgan fingerprint density at radius 3 is 2.68 bits per heavy atom. The predicted molar refractivity (Wildman–Crippen MR) is 75.1 cm³/mol. The van der Waals surface area contributed by atoms with Crippen LogP contribution in [0.4, 0.5) is 0 Å². The first-order valence-corrected chi connectivity index (χ1v) is 6.71. The Labute approximate surface area is 113 Å². The Hall–Kier alpha value is -2.03. The van der Waals surface area contributed by atoms with Gasteiger partial charge in [-0.25, -0.2) is 0 Å². The third-order valence-corrected chi connectivity index (χ3v) is 3.98. The smallest absolute Gasteiger partial charge is 0.254 e. The number of benzene rings is 1. The Morgan fingerprint density at radius 2 is 1.95 bits per heavy atom. The van der Waals surface area contributed by atoms with Crippen LogP contribution < -0.4 is 0 Å². The van der Waals surface area contributed by atoms with Crippen LogP contribution in [0.15, 0.2) is 42.6 Å². The van der Waals surface area contributed by atoms with Crippen molar-refractivity contribution >= 4 is 5.91 Å². The van der Waals surface area contributed by atoms with Crippen molar-refractivity contribution < 1.29 is 4.79 Å². The van der Waals surface area contributed by atoms with Crippen molar-refractivity contribution in [3.63, 3.8) is 0 Å². The van der Waals surface area contributed by atoms with Gasteiger partial charge in [-0.2, -0.15) is 0 Å². The van der Waals surface area contributed by atoms with Gasteiger partial charge in [0.1, 0.15) is 0 Å². The number of rotatable bonds is 1.